The molecule has 2 aromatic heterocycles. The third-order valence-corrected chi connectivity index (χ3v) is 6.37. The van der Waals surface area contributed by atoms with E-state index >= 15 is 0 Å². The number of nitrogens with zero attached hydrogens (tertiary/aromatic N) is 2. The van der Waals surface area contributed by atoms with E-state index in [-0.39, 0.29) is 5.91 Å². The number of imidazole rings is 1. The van der Waals surface area contributed by atoms with Gasteiger partial charge in [0.25, 0.3) is 5.91 Å². The number of amides is 1. The Bertz CT molecular complexity index is 1610. The Morgan fingerprint density at radius 3 is 2.37 bits per heavy atom. The van der Waals surface area contributed by atoms with Crippen LogP contribution in [0.5, 0.6) is 0 Å². The molecule has 1 amide bonds. The Hall–Kier alpha value is -4.43. The van der Waals surface area contributed by atoms with Crippen molar-refractivity contribution in [1.29, 1.82) is 0 Å². The van der Waals surface area contributed by atoms with Gasteiger partial charge in [-0.2, -0.15) is 13.2 Å². The third kappa shape index (κ3) is 5.31. The fourth-order valence-corrected chi connectivity index (χ4v) is 4.27. The molecule has 190 valence electrons. The molecule has 0 atom stereocenters. The van der Waals surface area contributed by atoms with Gasteiger partial charge in [0.2, 0.25) is 0 Å². The van der Waals surface area contributed by atoms with E-state index in [0.717, 1.165) is 23.4 Å². The number of pyridine rings is 1. The van der Waals surface area contributed by atoms with E-state index in [9.17, 15) is 18.0 Å². The summed E-state index contributed by atoms with van der Waals surface area (Å²) in [6, 6.07) is 18.9. The smallest absolute Gasteiger partial charge is 0.338 e. The molecule has 5 rings (SSSR count). The van der Waals surface area contributed by atoms with Gasteiger partial charge in [-0.1, -0.05) is 35.9 Å². The van der Waals surface area contributed by atoms with Gasteiger partial charge in [0.15, 0.2) is 0 Å². The van der Waals surface area contributed by atoms with Crippen LogP contribution in [0.15, 0.2) is 91.4 Å². The second-order valence-corrected chi connectivity index (χ2v) is 9.05. The zero-order valence-corrected chi connectivity index (χ0v) is 20.7. The predicted octanol–water partition coefficient (Wildman–Crippen LogP) is 8.04. The molecule has 0 bridgehead atoms. The highest BCUT2D eigenvalue weighted by molar-refractivity contribution is 6.33. The minimum absolute atomic E-state index is 0.328. The van der Waals surface area contributed by atoms with Crippen molar-refractivity contribution in [3.05, 3.63) is 113 Å². The maximum Gasteiger partial charge on any atom is 0.416 e. The van der Waals surface area contributed by atoms with Gasteiger partial charge in [0.1, 0.15) is 5.82 Å². The number of aromatic nitrogens is 3. The minimum Gasteiger partial charge on any atom is -0.338 e. The molecule has 0 unspecified atom stereocenters. The molecular formula is C29H20ClF3N4O. The summed E-state index contributed by atoms with van der Waals surface area (Å²) in [5.74, 6) is 0.215. The molecule has 38 heavy (non-hydrogen) atoms. The number of rotatable bonds is 5. The zero-order valence-electron chi connectivity index (χ0n) is 20.0. The van der Waals surface area contributed by atoms with Crippen molar-refractivity contribution in [2.24, 2.45) is 0 Å². The van der Waals surface area contributed by atoms with E-state index in [2.05, 4.69) is 20.3 Å². The Balaban J connectivity index is 1.35. The first-order valence-corrected chi connectivity index (χ1v) is 11.9. The largest absolute Gasteiger partial charge is 0.416 e. The highest BCUT2D eigenvalue weighted by atomic mass is 35.5. The molecule has 0 fully saturated rings. The van der Waals surface area contributed by atoms with E-state index in [4.69, 9.17) is 11.6 Å². The highest BCUT2D eigenvalue weighted by Crippen LogP contribution is 2.33. The number of aromatic amines is 1. The van der Waals surface area contributed by atoms with Crippen molar-refractivity contribution in [2.75, 3.05) is 5.32 Å². The number of benzene rings is 3. The van der Waals surface area contributed by atoms with Crippen molar-refractivity contribution in [3.63, 3.8) is 0 Å². The normalized spacial score (nSPS) is 11.4. The fraction of sp³-hybridized carbons (Fsp3) is 0.0690. The van der Waals surface area contributed by atoms with Crippen LogP contribution >= 0.6 is 11.6 Å². The number of halogens is 4. The summed E-state index contributed by atoms with van der Waals surface area (Å²) in [5.41, 5.74) is 4.55. The Labute approximate surface area is 221 Å². The van der Waals surface area contributed by atoms with Crippen molar-refractivity contribution in [2.45, 2.75) is 13.1 Å². The van der Waals surface area contributed by atoms with Crippen LogP contribution in [0.1, 0.15) is 21.5 Å². The summed E-state index contributed by atoms with van der Waals surface area (Å²) in [4.78, 5) is 24.8. The fourth-order valence-electron chi connectivity index (χ4n) is 4.06. The molecule has 5 aromatic rings. The van der Waals surface area contributed by atoms with Crippen LogP contribution in [0.25, 0.3) is 33.8 Å². The number of hydrogen-bond acceptors (Lipinski definition) is 3. The summed E-state index contributed by atoms with van der Waals surface area (Å²) in [5, 5.41) is 3.35. The molecule has 0 aliphatic rings. The maximum atomic E-state index is 13.1. The quantitative estimate of drug-likeness (QED) is 0.240. The van der Waals surface area contributed by atoms with Crippen molar-refractivity contribution in [3.8, 4) is 33.8 Å². The number of hydrogen-bond donors (Lipinski definition) is 2. The summed E-state index contributed by atoms with van der Waals surface area (Å²) in [6.07, 6.45) is 0.709. The molecule has 0 aliphatic heterocycles. The molecule has 0 spiro atoms. The summed E-state index contributed by atoms with van der Waals surface area (Å²) in [6.45, 7) is 1.78. The lowest BCUT2D eigenvalue weighted by molar-refractivity contribution is -0.137. The third-order valence-electron chi connectivity index (χ3n) is 6.04. The van der Waals surface area contributed by atoms with Gasteiger partial charge >= 0.3 is 6.18 Å². The van der Waals surface area contributed by atoms with Gasteiger partial charge in [-0.05, 0) is 72.1 Å². The topological polar surface area (TPSA) is 70.7 Å². The second-order valence-electron chi connectivity index (χ2n) is 8.64. The van der Waals surface area contributed by atoms with E-state index in [1.807, 2.05) is 12.1 Å². The van der Waals surface area contributed by atoms with E-state index < -0.39 is 11.7 Å². The maximum absolute atomic E-state index is 13.1. The van der Waals surface area contributed by atoms with Gasteiger partial charge in [-0.25, -0.2) is 4.98 Å². The number of carbonyl (C=O) groups excluding carboxylic acids is 1. The lowest BCUT2D eigenvalue weighted by atomic mass is 9.98. The summed E-state index contributed by atoms with van der Waals surface area (Å²) < 4.78 is 38.6. The molecule has 0 saturated heterocycles. The SMILES string of the molecule is Cc1cc(-c2ccc(C(F)(F)F)cc2)ccc1C(=O)Nc1ccc(Cl)c(-c2ncc(-c3cccnc3)[nH]2)c1. The van der Waals surface area contributed by atoms with Gasteiger partial charge in [-0.3, -0.25) is 9.78 Å². The number of anilines is 1. The van der Waals surface area contributed by atoms with Gasteiger partial charge in [0, 0.05) is 34.8 Å². The van der Waals surface area contributed by atoms with Crippen molar-refractivity contribution < 1.29 is 18.0 Å². The Kier molecular flexibility index (Phi) is 6.73. The van der Waals surface area contributed by atoms with Crippen LogP contribution in [0, 0.1) is 6.92 Å². The zero-order chi connectivity index (χ0) is 26.9. The van der Waals surface area contributed by atoms with Crippen molar-refractivity contribution in [1.82, 2.24) is 15.0 Å². The first-order valence-electron chi connectivity index (χ1n) is 11.5. The first-order chi connectivity index (χ1) is 18.2. The van der Waals surface area contributed by atoms with E-state index in [0.29, 0.717) is 44.4 Å². The minimum atomic E-state index is -4.39. The molecule has 2 N–H and O–H groups in total. The average molecular weight is 533 g/mol. The van der Waals surface area contributed by atoms with Gasteiger partial charge < -0.3 is 10.3 Å². The molecule has 5 nitrogen and oxygen atoms in total. The average Bonchev–Trinajstić information content (AvgIpc) is 3.40. The Morgan fingerprint density at radius 1 is 0.921 bits per heavy atom. The number of nitrogens with one attached hydrogen (secondary N) is 2. The standard InChI is InChI=1S/C29H20ClF3N4O/c1-17-13-19(18-4-7-21(8-5-18)29(31,32)33)6-10-23(17)28(38)36-22-9-11-25(30)24(14-22)27-35-16-26(37-27)20-3-2-12-34-15-20/h2-16H,1H3,(H,35,37)(H,36,38). The summed E-state index contributed by atoms with van der Waals surface area (Å²) in [7, 11) is 0. The molecule has 0 saturated carbocycles. The molecule has 2 heterocycles. The van der Waals surface area contributed by atoms with Crippen LogP contribution in [0.4, 0.5) is 18.9 Å². The van der Waals surface area contributed by atoms with Crippen LogP contribution in [-0.2, 0) is 6.18 Å². The Morgan fingerprint density at radius 2 is 1.68 bits per heavy atom. The van der Waals surface area contributed by atoms with E-state index in [1.54, 1.807) is 61.9 Å². The number of carbonyl (C=O) groups is 1. The van der Waals surface area contributed by atoms with Gasteiger partial charge in [0.05, 0.1) is 22.5 Å². The lowest BCUT2D eigenvalue weighted by Crippen LogP contribution is -2.13. The predicted molar refractivity (Wildman–Crippen MR) is 142 cm³/mol. The number of alkyl halides is 3. The molecule has 0 radical (unpaired) electrons. The van der Waals surface area contributed by atoms with Crippen LogP contribution in [0.2, 0.25) is 5.02 Å². The summed E-state index contributed by atoms with van der Waals surface area (Å²) >= 11 is 6.43. The second kappa shape index (κ2) is 10.1. The molecule has 3 aromatic carbocycles. The molecule has 0 aliphatic carbocycles. The number of H-pyrrole nitrogens is 1. The van der Waals surface area contributed by atoms with Crippen LogP contribution < -0.4 is 5.32 Å². The van der Waals surface area contributed by atoms with E-state index in [1.165, 1.54) is 12.1 Å². The number of aryl methyl sites for hydroxylation is 1. The molecular weight excluding hydrogens is 513 g/mol. The van der Waals surface area contributed by atoms with Crippen molar-refractivity contribution >= 4 is 23.2 Å². The monoisotopic (exact) mass is 532 g/mol. The van der Waals surface area contributed by atoms with Gasteiger partial charge in [-0.15, -0.1) is 0 Å². The van der Waals surface area contributed by atoms with Crippen LogP contribution in [0.3, 0.4) is 0 Å². The lowest BCUT2D eigenvalue weighted by Gasteiger charge is -2.12. The highest BCUT2D eigenvalue weighted by Gasteiger charge is 2.30. The molecule has 9 heteroatoms. The van der Waals surface area contributed by atoms with Crippen LogP contribution in [-0.4, -0.2) is 20.9 Å². The first kappa shape index (κ1) is 25.2.